The molecule has 0 saturated heterocycles. The van der Waals surface area contributed by atoms with Crippen molar-refractivity contribution in [1.29, 1.82) is 0 Å². The molecule has 0 unspecified atom stereocenters. The van der Waals surface area contributed by atoms with Crippen LogP contribution in [-0.2, 0) is 16.1 Å². The molecule has 2 rings (SSSR count). The molecule has 2 atom stereocenters. The zero-order valence-electron chi connectivity index (χ0n) is 10.9. The van der Waals surface area contributed by atoms with Crippen LogP contribution >= 0.6 is 11.6 Å². The van der Waals surface area contributed by atoms with Crippen LogP contribution in [0, 0.1) is 17.7 Å². The summed E-state index contributed by atoms with van der Waals surface area (Å²) in [6, 6.07) is 4.62. The molecular formula is C14H16ClFN2O2. The third-order valence-electron chi connectivity index (χ3n) is 3.70. The molecule has 0 heterocycles. The van der Waals surface area contributed by atoms with Crippen LogP contribution in [0.1, 0.15) is 24.8 Å². The van der Waals surface area contributed by atoms with Gasteiger partial charge in [0.2, 0.25) is 11.8 Å². The average molecular weight is 299 g/mol. The molecule has 1 aliphatic rings. The van der Waals surface area contributed by atoms with E-state index in [0.717, 1.165) is 6.42 Å². The van der Waals surface area contributed by atoms with E-state index in [-0.39, 0.29) is 17.5 Å². The lowest BCUT2D eigenvalue weighted by atomic mass is 9.94. The third-order valence-corrected chi connectivity index (χ3v) is 3.99. The maximum atomic E-state index is 13.7. The van der Waals surface area contributed by atoms with Crippen LogP contribution in [0.25, 0.3) is 0 Å². The highest BCUT2D eigenvalue weighted by Gasteiger charge is 2.36. The summed E-state index contributed by atoms with van der Waals surface area (Å²) < 4.78 is 13.7. The zero-order chi connectivity index (χ0) is 14.7. The third kappa shape index (κ3) is 3.10. The number of primary amides is 1. The Bertz CT molecular complexity index is 536. The van der Waals surface area contributed by atoms with E-state index in [1.54, 1.807) is 12.1 Å². The van der Waals surface area contributed by atoms with Crippen LogP contribution in [0.15, 0.2) is 18.2 Å². The Balaban J connectivity index is 1.98. The van der Waals surface area contributed by atoms with Crippen LogP contribution < -0.4 is 11.1 Å². The first-order valence-electron chi connectivity index (χ1n) is 6.50. The SMILES string of the molecule is NC(=O)[C@@H]1CCC[C@H]1C(=O)NCc1cccc(Cl)c1F. The minimum Gasteiger partial charge on any atom is -0.369 e. The largest absolute Gasteiger partial charge is 0.369 e. The molecule has 0 aromatic heterocycles. The summed E-state index contributed by atoms with van der Waals surface area (Å²) in [4.78, 5) is 23.3. The van der Waals surface area contributed by atoms with E-state index in [1.165, 1.54) is 6.07 Å². The molecule has 1 saturated carbocycles. The van der Waals surface area contributed by atoms with Gasteiger partial charge in [-0.15, -0.1) is 0 Å². The predicted molar refractivity (Wildman–Crippen MR) is 73.3 cm³/mol. The lowest BCUT2D eigenvalue weighted by Crippen LogP contribution is -2.37. The Hall–Kier alpha value is -1.62. The fourth-order valence-corrected chi connectivity index (χ4v) is 2.81. The molecule has 2 amide bonds. The molecule has 1 aromatic carbocycles. The molecular weight excluding hydrogens is 283 g/mol. The van der Waals surface area contributed by atoms with E-state index in [0.29, 0.717) is 18.4 Å². The summed E-state index contributed by atoms with van der Waals surface area (Å²) in [6.07, 6.45) is 2.08. The number of hydrogen-bond acceptors (Lipinski definition) is 2. The fourth-order valence-electron chi connectivity index (χ4n) is 2.61. The van der Waals surface area contributed by atoms with Crippen molar-refractivity contribution in [2.45, 2.75) is 25.8 Å². The Morgan fingerprint density at radius 3 is 2.75 bits per heavy atom. The minimum atomic E-state index is -0.535. The predicted octanol–water partition coefficient (Wildman–Crippen LogP) is 2.00. The van der Waals surface area contributed by atoms with Gasteiger partial charge < -0.3 is 11.1 Å². The molecule has 0 bridgehead atoms. The summed E-state index contributed by atoms with van der Waals surface area (Å²) in [6.45, 7) is 0.0488. The summed E-state index contributed by atoms with van der Waals surface area (Å²) >= 11 is 5.67. The molecule has 4 nitrogen and oxygen atoms in total. The molecule has 3 N–H and O–H groups in total. The van der Waals surface area contributed by atoms with Crippen LogP contribution in [0.4, 0.5) is 4.39 Å². The quantitative estimate of drug-likeness (QED) is 0.892. The lowest BCUT2D eigenvalue weighted by Gasteiger charge is -2.16. The van der Waals surface area contributed by atoms with Crippen molar-refractivity contribution >= 4 is 23.4 Å². The first-order chi connectivity index (χ1) is 9.50. The van der Waals surface area contributed by atoms with E-state index in [4.69, 9.17) is 17.3 Å². The topological polar surface area (TPSA) is 72.2 Å². The maximum Gasteiger partial charge on any atom is 0.224 e. The Morgan fingerprint density at radius 2 is 2.05 bits per heavy atom. The van der Waals surface area contributed by atoms with Gasteiger partial charge in [0, 0.05) is 23.9 Å². The van der Waals surface area contributed by atoms with Gasteiger partial charge in [0.1, 0.15) is 5.82 Å². The summed E-state index contributed by atoms with van der Waals surface area (Å²) in [5, 5.41) is 2.67. The molecule has 0 spiro atoms. The normalized spacial score (nSPS) is 21.7. The second kappa shape index (κ2) is 6.22. The first kappa shape index (κ1) is 14.8. The van der Waals surface area contributed by atoms with E-state index in [1.807, 2.05) is 0 Å². The molecule has 108 valence electrons. The monoisotopic (exact) mass is 298 g/mol. The van der Waals surface area contributed by atoms with Gasteiger partial charge >= 0.3 is 0 Å². The number of nitrogens with one attached hydrogen (secondary N) is 1. The van der Waals surface area contributed by atoms with Gasteiger partial charge in [0.25, 0.3) is 0 Å². The number of carbonyl (C=O) groups is 2. The summed E-state index contributed by atoms with van der Waals surface area (Å²) in [5.41, 5.74) is 5.60. The number of halogens is 2. The smallest absolute Gasteiger partial charge is 0.224 e. The number of amides is 2. The van der Waals surface area contributed by atoms with E-state index < -0.39 is 23.6 Å². The summed E-state index contributed by atoms with van der Waals surface area (Å²) in [7, 11) is 0. The van der Waals surface area contributed by atoms with Gasteiger partial charge in [-0.2, -0.15) is 0 Å². The second-order valence-electron chi connectivity index (χ2n) is 4.98. The highest BCUT2D eigenvalue weighted by molar-refractivity contribution is 6.30. The number of hydrogen-bond donors (Lipinski definition) is 2. The zero-order valence-corrected chi connectivity index (χ0v) is 11.6. The number of benzene rings is 1. The van der Waals surface area contributed by atoms with Crippen molar-refractivity contribution in [3.8, 4) is 0 Å². The minimum absolute atomic E-state index is 0.0210. The molecule has 0 aliphatic heterocycles. The summed E-state index contributed by atoms with van der Waals surface area (Å²) in [5.74, 6) is -2.07. The van der Waals surface area contributed by atoms with Gasteiger partial charge in [-0.05, 0) is 18.9 Å². The molecule has 1 aromatic rings. The lowest BCUT2D eigenvalue weighted by molar-refractivity contribution is -0.132. The van der Waals surface area contributed by atoms with Crippen LogP contribution in [0.3, 0.4) is 0 Å². The van der Waals surface area contributed by atoms with Crippen molar-refractivity contribution in [3.63, 3.8) is 0 Å². The molecule has 0 radical (unpaired) electrons. The second-order valence-corrected chi connectivity index (χ2v) is 5.38. The Kier molecular flexibility index (Phi) is 4.60. The van der Waals surface area contributed by atoms with Gasteiger partial charge in [-0.25, -0.2) is 4.39 Å². The van der Waals surface area contributed by atoms with Crippen LogP contribution in [0.5, 0.6) is 0 Å². The standard InChI is InChI=1S/C14H16ClFN2O2/c15-11-6-1-3-8(12(11)16)7-18-14(20)10-5-2-4-9(10)13(17)19/h1,3,6,9-10H,2,4-5,7H2,(H2,17,19)(H,18,20)/t9-,10-/m1/s1. The van der Waals surface area contributed by atoms with Crippen molar-refractivity contribution in [2.24, 2.45) is 17.6 Å². The number of nitrogens with two attached hydrogens (primary N) is 1. The van der Waals surface area contributed by atoms with Gasteiger partial charge in [0.15, 0.2) is 0 Å². The fraction of sp³-hybridized carbons (Fsp3) is 0.429. The van der Waals surface area contributed by atoms with E-state index >= 15 is 0 Å². The van der Waals surface area contributed by atoms with Crippen molar-refractivity contribution in [2.75, 3.05) is 0 Å². The van der Waals surface area contributed by atoms with Gasteiger partial charge in [-0.1, -0.05) is 30.2 Å². The molecule has 6 heteroatoms. The highest BCUT2D eigenvalue weighted by atomic mass is 35.5. The van der Waals surface area contributed by atoms with Crippen molar-refractivity contribution in [3.05, 3.63) is 34.6 Å². The Labute approximate surface area is 121 Å². The van der Waals surface area contributed by atoms with Gasteiger partial charge in [0.05, 0.1) is 5.02 Å². The highest BCUT2D eigenvalue weighted by Crippen LogP contribution is 2.31. The first-order valence-corrected chi connectivity index (χ1v) is 6.88. The molecule has 1 fully saturated rings. The van der Waals surface area contributed by atoms with Crippen molar-refractivity contribution in [1.82, 2.24) is 5.32 Å². The van der Waals surface area contributed by atoms with Gasteiger partial charge in [-0.3, -0.25) is 9.59 Å². The van der Waals surface area contributed by atoms with E-state index in [9.17, 15) is 14.0 Å². The van der Waals surface area contributed by atoms with E-state index in [2.05, 4.69) is 5.32 Å². The average Bonchev–Trinajstić information content (AvgIpc) is 2.89. The van der Waals surface area contributed by atoms with Crippen LogP contribution in [-0.4, -0.2) is 11.8 Å². The molecule has 20 heavy (non-hydrogen) atoms. The Morgan fingerprint density at radius 1 is 1.35 bits per heavy atom. The van der Waals surface area contributed by atoms with Crippen LogP contribution in [0.2, 0.25) is 5.02 Å². The molecule has 1 aliphatic carbocycles. The number of rotatable bonds is 4. The maximum absolute atomic E-state index is 13.7. The number of carbonyl (C=O) groups excluding carboxylic acids is 2. The van der Waals surface area contributed by atoms with Crippen molar-refractivity contribution < 1.29 is 14.0 Å².